The molecule has 1 fully saturated rings. The van der Waals surface area contributed by atoms with Gasteiger partial charge >= 0.3 is 0 Å². The molecule has 2 atom stereocenters. The minimum Gasteiger partial charge on any atom is -0.488 e. The smallest absolute Gasteiger partial charge is 0.221 e. The van der Waals surface area contributed by atoms with Gasteiger partial charge in [-0.1, -0.05) is 19.1 Å². The third kappa shape index (κ3) is 9.51. The van der Waals surface area contributed by atoms with Crippen LogP contribution in [0, 0.1) is 6.92 Å². The molecule has 0 saturated carbocycles. The first-order chi connectivity index (χ1) is 14.0. The fraction of sp³-hybridized carbons (Fsp3) is 0.636. The Kier molecular flexibility index (Phi) is 12.8. The number of amides is 1. The van der Waals surface area contributed by atoms with Gasteiger partial charge < -0.3 is 25.4 Å². The second-order valence-electron chi connectivity index (χ2n) is 7.46. The van der Waals surface area contributed by atoms with Crippen molar-refractivity contribution in [1.82, 2.24) is 16.0 Å². The number of carbonyl (C=O) groups is 1. The first kappa shape index (κ1) is 26.5. The van der Waals surface area contributed by atoms with Gasteiger partial charge in [-0.15, -0.1) is 24.0 Å². The molecule has 1 aromatic carbocycles. The van der Waals surface area contributed by atoms with Crippen LogP contribution < -0.4 is 20.7 Å². The summed E-state index contributed by atoms with van der Waals surface area (Å²) >= 11 is 0. The lowest BCUT2D eigenvalue weighted by molar-refractivity contribution is -0.121. The molecule has 8 heteroatoms. The number of carbonyl (C=O) groups excluding carboxylic acids is 1. The van der Waals surface area contributed by atoms with Crippen molar-refractivity contribution in [1.29, 1.82) is 0 Å². The summed E-state index contributed by atoms with van der Waals surface area (Å²) in [5.41, 5.74) is 2.19. The quantitative estimate of drug-likeness (QED) is 0.245. The van der Waals surface area contributed by atoms with Gasteiger partial charge in [0, 0.05) is 37.5 Å². The number of rotatable bonds is 10. The standard InChI is InChI=1S/C22H36N4O3.HI/c1-5-17(4)26-21(27)9-11-24-22(23-6-2)25-14-18-8-7-16(3)13-20(18)29-19-10-12-28-15-19;/h7-8,13,17,19H,5-6,9-12,14-15H2,1-4H3,(H,26,27)(H2,23,24,25);1H. The summed E-state index contributed by atoms with van der Waals surface area (Å²) in [4.78, 5) is 16.6. The van der Waals surface area contributed by atoms with Crippen molar-refractivity contribution in [3.63, 3.8) is 0 Å². The minimum absolute atomic E-state index is 0. The van der Waals surface area contributed by atoms with Crippen LogP contribution >= 0.6 is 24.0 Å². The molecular weight excluding hydrogens is 495 g/mol. The van der Waals surface area contributed by atoms with Crippen LogP contribution in [0.1, 0.15) is 51.2 Å². The highest BCUT2D eigenvalue weighted by atomic mass is 127. The van der Waals surface area contributed by atoms with Crippen molar-refractivity contribution in [3.05, 3.63) is 29.3 Å². The summed E-state index contributed by atoms with van der Waals surface area (Å²) in [7, 11) is 0. The van der Waals surface area contributed by atoms with Crippen LogP contribution in [-0.4, -0.2) is 50.3 Å². The minimum atomic E-state index is 0. The zero-order chi connectivity index (χ0) is 21.1. The van der Waals surface area contributed by atoms with Crippen LogP contribution in [0.25, 0.3) is 0 Å². The fourth-order valence-corrected chi connectivity index (χ4v) is 2.94. The number of aliphatic imine (C=N–C) groups is 1. The van der Waals surface area contributed by atoms with Crippen LogP contribution in [0.5, 0.6) is 5.75 Å². The van der Waals surface area contributed by atoms with E-state index >= 15 is 0 Å². The van der Waals surface area contributed by atoms with E-state index in [-0.39, 0.29) is 42.0 Å². The molecular formula is C22H37IN4O3. The van der Waals surface area contributed by atoms with Gasteiger partial charge in [0.1, 0.15) is 11.9 Å². The molecule has 0 aliphatic carbocycles. The molecule has 2 unspecified atom stereocenters. The summed E-state index contributed by atoms with van der Waals surface area (Å²) in [5, 5.41) is 9.44. The molecule has 0 spiro atoms. The van der Waals surface area contributed by atoms with E-state index < -0.39 is 0 Å². The summed E-state index contributed by atoms with van der Waals surface area (Å²) in [6, 6.07) is 6.40. The van der Waals surface area contributed by atoms with E-state index in [2.05, 4.69) is 53.0 Å². The van der Waals surface area contributed by atoms with E-state index in [1.54, 1.807) is 0 Å². The first-order valence-corrected chi connectivity index (χ1v) is 10.7. The zero-order valence-corrected chi connectivity index (χ0v) is 21.0. The molecule has 1 amide bonds. The largest absolute Gasteiger partial charge is 0.488 e. The van der Waals surface area contributed by atoms with Crippen LogP contribution in [0.2, 0.25) is 0 Å². The van der Waals surface area contributed by atoms with Gasteiger partial charge in [-0.05, 0) is 38.8 Å². The topological polar surface area (TPSA) is 84.0 Å². The van der Waals surface area contributed by atoms with Crippen molar-refractivity contribution in [2.24, 2.45) is 4.99 Å². The average Bonchev–Trinajstić information content (AvgIpc) is 3.20. The number of nitrogens with zero attached hydrogens (tertiary/aromatic N) is 1. The Morgan fingerprint density at radius 2 is 2.13 bits per heavy atom. The normalized spacial score (nSPS) is 17.1. The number of halogens is 1. The summed E-state index contributed by atoms with van der Waals surface area (Å²) in [6.07, 6.45) is 2.36. The van der Waals surface area contributed by atoms with E-state index in [4.69, 9.17) is 9.47 Å². The van der Waals surface area contributed by atoms with Crippen LogP contribution in [-0.2, 0) is 16.1 Å². The molecule has 1 saturated heterocycles. The predicted octanol–water partition coefficient (Wildman–Crippen LogP) is 3.14. The van der Waals surface area contributed by atoms with Crippen LogP contribution in [0.15, 0.2) is 23.2 Å². The Bertz CT molecular complexity index is 678. The van der Waals surface area contributed by atoms with Crippen molar-refractivity contribution in [2.45, 2.75) is 65.6 Å². The third-order valence-electron chi connectivity index (χ3n) is 4.82. The van der Waals surface area contributed by atoms with Gasteiger partial charge in [-0.25, -0.2) is 4.99 Å². The third-order valence-corrected chi connectivity index (χ3v) is 4.82. The average molecular weight is 532 g/mol. The molecule has 30 heavy (non-hydrogen) atoms. The van der Waals surface area contributed by atoms with Gasteiger partial charge in [0.05, 0.1) is 19.8 Å². The summed E-state index contributed by atoms with van der Waals surface area (Å²) < 4.78 is 11.6. The highest BCUT2D eigenvalue weighted by Gasteiger charge is 2.18. The van der Waals surface area contributed by atoms with E-state index in [1.807, 2.05) is 13.8 Å². The lowest BCUT2D eigenvalue weighted by atomic mass is 10.1. The van der Waals surface area contributed by atoms with E-state index in [0.29, 0.717) is 32.1 Å². The summed E-state index contributed by atoms with van der Waals surface area (Å²) in [5.74, 6) is 1.61. The number of benzene rings is 1. The maximum absolute atomic E-state index is 11.9. The lowest BCUT2D eigenvalue weighted by Gasteiger charge is -2.16. The second kappa shape index (κ2) is 14.5. The second-order valence-corrected chi connectivity index (χ2v) is 7.46. The number of aryl methyl sites for hydroxylation is 1. The molecule has 7 nitrogen and oxygen atoms in total. The maximum atomic E-state index is 11.9. The number of ether oxygens (including phenoxy) is 2. The van der Waals surface area contributed by atoms with Crippen molar-refractivity contribution in [2.75, 3.05) is 26.3 Å². The molecule has 3 N–H and O–H groups in total. The number of hydrogen-bond acceptors (Lipinski definition) is 4. The van der Waals surface area contributed by atoms with E-state index in [1.165, 1.54) is 0 Å². The van der Waals surface area contributed by atoms with Crippen molar-refractivity contribution >= 4 is 35.8 Å². The van der Waals surface area contributed by atoms with Gasteiger partial charge in [0.25, 0.3) is 0 Å². The molecule has 1 aromatic rings. The molecule has 0 radical (unpaired) electrons. The molecule has 1 aliphatic heterocycles. The fourth-order valence-electron chi connectivity index (χ4n) is 2.94. The molecule has 170 valence electrons. The highest BCUT2D eigenvalue weighted by molar-refractivity contribution is 14.0. The lowest BCUT2D eigenvalue weighted by Crippen LogP contribution is -2.40. The van der Waals surface area contributed by atoms with Crippen LogP contribution in [0.3, 0.4) is 0 Å². The van der Waals surface area contributed by atoms with Crippen molar-refractivity contribution in [3.8, 4) is 5.75 Å². The Morgan fingerprint density at radius 3 is 2.80 bits per heavy atom. The van der Waals surface area contributed by atoms with E-state index in [9.17, 15) is 4.79 Å². The Labute approximate surface area is 197 Å². The SMILES string of the molecule is CCNC(=NCc1ccc(C)cc1OC1CCOC1)NCCC(=O)NC(C)CC.I. The van der Waals surface area contributed by atoms with Crippen LogP contribution in [0.4, 0.5) is 0 Å². The zero-order valence-electron chi connectivity index (χ0n) is 18.6. The van der Waals surface area contributed by atoms with Gasteiger partial charge in [0.15, 0.2) is 5.96 Å². The number of nitrogens with one attached hydrogen (secondary N) is 3. The first-order valence-electron chi connectivity index (χ1n) is 10.7. The Morgan fingerprint density at radius 1 is 1.33 bits per heavy atom. The maximum Gasteiger partial charge on any atom is 0.221 e. The van der Waals surface area contributed by atoms with Gasteiger partial charge in [-0.2, -0.15) is 0 Å². The molecule has 0 bridgehead atoms. The molecule has 2 rings (SSSR count). The molecule has 1 aliphatic rings. The Hall–Kier alpha value is -1.55. The van der Waals surface area contributed by atoms with E-state index in [0.717, 1.165) is 42.9 Å². The molecule has 1 heterocycles. The van der Waals surface area contributed by atoms with Gasteiger partial charge in [-0.3, -0.25) is 4.79 Å². The Balaban J connectivity index is 0.00000450. The highest BCUT2D eigenvalue weighted by Crippen LogP contribution is 2.24. The number of guanidine groups is 1. The predicted molar refractivity (Wildman–Crippen MR) is 132 cm³/mol. The summed E-state index contributed by atoms with van der Waals surface area (Å²) in [6.45, 7) is 11.3. The monoisotopic (exact) mass is 532 g/mol. The number of hydrogen-bond donors (Lipinski definition) is 3. The van der Waals surface area contributed by atoms with Gasteiger partial charge in [0.2, 0.25) is 5.91 Å². The van der Waals surface area contributed by atoms with Crippen molar-refractivity contribution < 1.29 is 14.3 Å². The molecule has 0 aromatic heterocycles.